The molecular weight excluding hydrogens is 188 g/mol. The summed E-state index contributed by atoms with van der Waals surface area (Å²) in [5.74, 6) is -0.244. The van der Waals surface area contributed by atoms with Crippen molar-refractivity contribution >= 4 is 5.97 Å². The molecular formula is C13H16O2. The van der Waals surface area contributed by atoms with Crippen molar-refractivity contribution in [2.45, 2.75) is 19.3 Å². The molecule has 1 aromatic carbocycles. The molecule has 0 saturated carbocycles. The van der Waals surface area contributed by atoms with E-state index < -0.39 is 5.41 Å². The van der Waals surface area contributed by atoms with Crippen LogP contribution >= 0.6 is 0 Å². The number of ether oxygens (including phenoxy) is 1. The van der Waals surface area contributed by atoms with Crippen LogP contribution in [0.5, 0.6) is 0 Å². The highest BCUT2D eigenvalue weighted by Gasteiger charge is 2.33. The molecule has 0 aliphatic carbocycles. The van der Waals surface area contributed by atoms with Gasteiger partial charge in [-0.05, 0) is 19.4 Å². The van der Waals surface area contributed by atoms with Gasteiger partial charge in [-0.15, -0.1) is 0 Å². The van der Waals surface area contributed by atoms with Crippen LogP contribution in [0.15, 0.2) is 42.5 Å². The average molecular weight is 204 g/mol. The van der Waals surface area contributed by atoms with Crippen LogP contribution in [0.3, 0.4) is 0 Å². The summed E-state index contributed by atoms with van der Waals surface area (Å²) in [5.41, 5.74) is 0.250. The third-order valence-corrected chi connectivity index (χ3v) is 2.48. The fourth-order valence-corrected chi connectivity index (χ4v) is 1.61. The average Bonchev–Trinajstić information content (AvgIpc) is 2.29. The molecule has 0 bridgehead atoms. The summed E-state index contributed by atoms with van der Waals surface area (Å²) in [6.07, 6.45) is 3.72. The van der Waals surface area contributed by atoms with Gasteiger partial charge in [0.25, 0.3) is 0 Å². The maximum absolute atomic E-state index is 11.8. The van der Waals surface area contributed by atoms with Gasteiger partial charge in [0.1, 0.15) is 5.41 Å². The van der Waals surface area contributed by atoms with E-state index in [0.717, 1.165) is 5.56 Å². The van der Waals surface area contributed by atoms with Crippen LogP contribution in [0.1, 0.15) is 19.4 Å². The summed E-state index contributed by atoms with van der Waals surface area (Å²) in [7, 11) is 1.41. The number of hydrogen-bond acceptors (Lipinski definition) is 2. The number of rotatable bonds is 3. The molecule has 1 rings (SSSR count). The lowest BCUT2D eigenvalue weighted by molar-refractivity contribution is -0.145. The zero-order valence-corrected chi connectivity index (χ0v) is 9.36. The van der Waals surface area contributed by atoms with Crippen LogP contribution in [-0.4, -0.2) is 13.1 Å². The molecule has 0 spiro atoms. The molecule has 1 aromatic rings. The lowest BCUT2D eigenvalue weighted by Gasteiger charge is -2.23. The van der Waals surface area contributed by atoms with Crippen LogP contribution in [0.25, 0.3) is 0 Å². The minimum atomic E-state index is -0.690. The van der Waals surface area contributed by atoms with Crippen molar-refractivity contribution in [1.82, 2.24) is 0 Å². The van der Waals surface area contributed by atoms with Gasteiger partial charge in [-0.2, -0.15) is 0 Å². The van der Waals surface area contributed by atoms with Crippen LogP contribution in [0, 0.1) is 0 Å². The third-order valence-electron chi connectivity index (χ3n) is 2.48. The quantitative estimate of drug-likeness (QED) is 0.559. The fourth-order valence-electron chi connectivity index (χ4n) is 1.61. The van der Waals surface area contributed by atoms with Crippen molar-refractivity contribution in [3.63, 3.8) is 0 Å². The van der Waals surface area contributed by atoms with E-state index in [1.54, 1.807) is 0 Å². The molecule has 0 N–H and O–H groups in total. The van der Waals surface area contributed by atoms with Gasteiger partial charge < -0.3 is 4.74 Å². The molecule has 0 aromatic heterocycles. The summed E-state index contributed by atoms with van der Waals surface area (Å²) < 4.78 is 4.83. The SMILES string of the molecule is C/C=C/C(C)(C(=O)OC)c1ccccc1. The van der Waals surface area contributed by atoms with Crippen molar-refractivity contribution in [3.05, 3.63) is 48.0 Å². The standard InChI is InChI=1S/C13H16O2/c1-4-10-13(2,12(14)15-3)11-8-6-5-7-9-11/h4-10H,1-3H3/b10-4+. The molecule has 0 aliphatic rings. The Morgan fingerprint density at radius 2 is 1.93 bits per heavy atom. The number of methoxy groups -OCH3 is 1. The minimum Gasteiger partial charge on any atom is -0.468 e. The maximum Gasteiger partial charge on any atom is 0.319 e. The predicted octanol–water partition coefficient (Wildman–Crippen LogP) is 2.69. The van der Waals surface area contributed by atoms with Crippen molar-refractivity contribution in [3.8, 4) is 0 Å². The van der Waals surface area contributed by atoms with Crippen molar-refractivity contribution < 1.29 is 9.53 Å². The lowest BCUT2D eigenvalue weighted by Crippen LogP contribution is -2.31. The van der Waals surface area contributed by atoms with E-state index in [-0.39, 0.29) is 5.97 Å². The summed E-state index contributed by atoms with van der Waals surface area (Å²) in [6.45, 7) is 3.75. The Balaban J connectivity index is 3.18. The molecule has 0 radical (unpaired) electrons. The Labute approximate surface area is 90.6 Å². The van der Waals surface area contributed by atoms with E-state index in [1.807, 2.05) is 56.3 Å². The monoisotopic (exact) mass is 204 g/mol. The number of carbonyl (C=O) groups is 1. The Morgan fingerprint density at radius 1 is 1.33 bits per heavy atom. The van der Waals surface area contributed by atoms with Crippen molar-refractivity contribution in [2.24, 2.45) is 0 Å². The molecule has 0 heterocycles. The molecule has 0 fully saturated rings. The van der Waals surface area contributed by atoms with Crippen molar-refractivity contribution in [1.29, 1.82) is 0 Å². The second kappa shape index (κ2) is 4.78. The smallest absolute Gasteiger partial charge is 0.319 e. The third kappa shape index (κ3) is 2.27. The second-order valence-electron chi connectivity index (χ2n) is 3.56. The van der Waals surface area contributed by atoms with E-state index in [0.29, 0.717) is 0 Å². The fraction of sp³-hybridized carbons (Fsp3) is 0.308. The summed E-state index contributed by atoms with van der Waals surface area (Å²) >= 11 is 0. The molecule has 80 valence electrons. The van der Waals surface area contributed by atoms with Gasteiger partial charge in [-0.1, -0.05) is 42.5 Å². The highest BCUT2D eigenvalue weighted by atomic mass is 16.5. The topological polar surface area (TPSA) is 26.3 Å². The molecule has 0 saturated heterocycles. The Hall–Kier alpha value is -1.57. The summed E-state index contributed by atoms with van der Waals surface area (Å²) in [6, 6.07) is 9.62. The zero-order chi connectivity index (χ0) is 11.3. The highest BCUT2D eigenvalue weighted by Crippen LogP contribution is 2.26. The number of carbonyl (C=O) groups excluding carboxylic acids is 1. The van der Waals surface area contributed by atoms with Crippen LogP contribution in [0.4, 0.5) is 0 Å². The molecule has 1 unspecified atom stereocenters. The number of allylic oxidation sites excluding steroid dienone is 1. The van der Waals surface area contributed by atoms with E-state index in [4.69, 9.17) is 4.74 Å². The van der Waals surface area contributed by atoms with Gasteiger partial charge in [0.2, 0.25) is 0 Å². The van der Waals surface area contributed by atoms with Gasteiger partial charge >= 0.3 is 5.97 Å². The molecule has 0 aliphatic heterocycles. The van der Waals surface area contributed by atoms with Crippen LogP contribution in [-0.2, 0) is 14.9 Å². The molecule has 2 nitrogen and oxygen atoms in total. The van der Waals surface area contributed by atoms with Crippen LogP contribution in [0.2, 0.25) is 0 Å². The summed E-state index contributed by atoms with van der Waals surface area (Å²) in [4.78, 5) is 11.8. The first-order valence-corrected chi connectivity index (χ1v) is 4.93. The van der Waals surface area contributed by atoms with Gasteiger partial charge in [0.15, 0.2) is 0 Å². The number of hydrogen-bond donors (Lipinski definition) is 0. The van der Waals surface area contributed by atoms with Crippen LogP contribution < -0.4 is 0 Å². The maximum atomic E-state index is 11.8. The minimum absolute atomic E-state index is 0.244. The van der Waals surface area contributed by atoms with Gasteiger partial charge in [0.05, 0.1) is 7.11 Å². The Kier molecular flexibility index (Phi) is 3.67. The molecule has 15 heavy (non-hydrogen) atoms. The predicted molar refractivity (Wildman–Crippen MR) is 60.6 cm³/mol. The first kappa shape index (κ1) is 11.5. The Bertz CT molecular complexity index is 354. The first-order chi connectivity index (χ1) is 7.15. The molecule has 1 atom stereocenters. The van der Waals surface area contributed by atoms with E-state index in [2.05, 4.69) is 0 Å². The van der Waals surface area contributed by atoms with Gasteiger partial charge in [-0.3, -0.25) is 4.79 Å². The second-order valence-corrected chi connectivity index (χ2v) is 3.56. The van der Waals surface area contributed by atoms with E-state index in [9.17, 15) is 4.79 Å². The van der Waals surface area contributed by atoms with Gasteiger partial charge in [-0.25, -0.2) is 0 Å². The largest absolute Gasteiger partial charge is 0.468 e. The number of benzene rings is 1. The van der Waals surface area contributed by atoms with E-state index in [1.165, 1.54) is 7.11 Å². The van der Waals surface area contributed by atoms with E-state index >= 15 is 0 Å². The normalized spacial score (nSPS) is 14.9. The number of esters is 1. The first-order valence-electron chi connectivity index (χ1n) is 4.93. The zero-order valence-electron chi connectivity index (χ0n) is 9.36. The van der Waals surface area contributed by atoms with Crippen molar-refractivity contribution in [2.75, 3.05) is 7.11 Å². The molecule has 0 amide bonds. The summed E-state index contributed by atoms with van der Waals surface area (Å²) in [5, 5.41) is 0. The Morgan fingerprint density at radius 3 is 2.40 bits per heavy atom. The lowest BCUT2D eigenvalue weighted by atomic mass is 9.82. The molecule has 2 heteroatoms. The highest BCUT2D eigenvalue weighted by molar-refractivity contribution is 5.85. The van der Waals surface area contributed by atoms with Gasteiger partial charge in [0, 0.05) is 0 Å².